The number of rotatable bonds is 3. The molecule has 1 N–H and O–H groups in total. The monoisotopic (exact) mass is 258 g/mol. The lowest BCUT2D eigenvalue weighted by molar-refractivity contribution is -0.148. The quantitative estimate of drug-likeness (QED) is 0.791. The molecule has 0 amide bonds. The minimum atomic E-state index is -0.729. The van der Waals surface area contributed by atoms with Crippen LogP contribution in [-0.2, 0) is 4.79 Å². The maximum atomic E-state index is 11.3. The van der Waals surface area contributed by atoms with E-state index in [0.29, 0.717) is 11.8 Å². The summed E-state index contributed by atoms with van der Waals surface area (Å²) in [4.78, 5) is 11.3. The number of carbonyl (C=O) groups is 1. The lowest BCUT2D eigenvalue weighted by Crippen LogP contribution is -2.37. The smallest absolute Gasteiger partial charge is 0.314 e. The van der Waals surface area contributed by atoms with Gasteiger partial charge in [-0.3, -0.25) is 4.79 Å². The number of carboxylic acids is 1. The van der Waals surface area contributed by atoms with E-state index in [9.17, 15) is 9.90 Å². The molecule has 3 heteroatoms. The van der Waals surface area contributed by atoms with Gasteiger partial charge in [0.05, 0.1) is 5.41 Å². The zero-order valence-electron chi connectivity index (χ0n) is 8.46. The molecule has 2 atom stereocenters. The average molecular weight is 259 g/mol. The molecule has 1 rings (SSSR count). The summed E-state index contributed by atoms with van der Waals surface area (Å²) < 4.78 is 0. The number of halogens is 1. The fourth-order valence-electron chi connectivity index (χ4n) is 1.89. The predicted molar refractivity (Wildman–Crippen MR) is 60.5 cm³/mol. The standard InChI is InChI=1S/C11H15BrO2/c1-8-4-3-5-11(6-7-12,9(8)2)10(13)14/h3-5,9H,6-7H2,1-2H3,(H,13,14). The minimum absolute atomic E-state index is 0.0718. The first kappa shape index (κ1) is 11.5. The Balaban J connectivity index is 3.05. The molecule has 0 fully saturated rings. The van der Waals surface area contributed by atoms with Gasteiger partial charge >= 0.3 is 5.97 Å². The van der Waals surface area contributed by atoms with Crippen molar-refractivity contribution in [3.63, 3.8) is 0 Å². The second kappa shape index (κ2) is 4.30. The molecule has 2 unspecified atom stereocenters. The summed E-state index contributed by atoms with van der Waals surface area (Å²) in [7, 11) is 0. The summed E-state index contributed by atoms with van der Waals surface area (Å²) in [6.07, 6.45) is 6.28. The van der Waals surface area contributed by atoms with Crippen LogP contribution in [0.5, 0.6) is 0 Å². The maximum absolute atomic E-state index is 11.3. The van der Waals surface area contributed by atoms with Crippen molar-refractivity contribution in [3.05, 3.63) is 23.8 Å². The van der Waals surface area contributed by atoms with E-state index < -0.39 is 11.4 Å². The summed E-state index contributed by atoms with van der Waals surface area (Å²) in [5.41, 5.74) is 0.415. The first-order valence-electron chi connectivity index (χ1n) is 4.70. The number of alkyl halides is 1. The van der Waals surface area contributed by atoms with E-state index >= 15 is 0 Å². The van der Waals surface area contributed by atoms with Crippen LogP contribution in [-0.4, -0.2) is 16.4 Å². The van der Waals surface area contributed by atoms with Crippen LogP contribution in [0.1, 0.15) is 20.3 Å². The number of hydrogen-bond donors (Lipinski definition) is 1. The molecule has 0 heterocycles. The first-order chi connectivity index (χ1) is 6.54. The van der Waals surface area contributed by atoms with Crippen molar-refractivity contribution in [1.82, 2.24) is 0 Å². The topological polar surface area (TPSA) is 37.3 Å². The summed E-state index contributed by atoms with van der Waals surface area (Å²) in [5, 5.41) is 10.0. The molecule has 14 heavy (non-hydrogen) atoms. The van der Waals surface area contributed by atoms with Crippen LogP contribution in [0.2, 0.25) is 0 Å². The Labute approximate surface area is 92.8 Å². The van der Waals surface area contributed by atoms with Gasteiger partial charge in [-0.1, -0.05) is 46.7 Å². The van der Waals surface area contributed by atoms with Crippen LogP contribution in [0.25, 0.3) is 0 Å². The molecule has 0 aromatic carbocycles. The SMILES string of the molecule is CC1=CC=CC(CCBr)(C(=O)O)C1C. The van der Waals surface area contributed by atoms with Crippen molar-refractivity contribution in [1.29, 1.82) is 0 Å². The van der Waals surface area contributed by atoms with E-state index in [2.05, 4.69) is 15.9 Å². The molecule has 1 aliphatic carbocycles. The van der Waals surface area contributed by atoms with Crippen LogP contribution < -0.4 is 0 Å². The molecule has 78 valence electrons. The van der Waals surface area contributed by atoms with Crippen molar-refractivity contribution < 1.29 is 9.90 Å². The highest BCUT2D eigenvalue weighted by molar-refractivity contribution is 9.09. The third-order valence-corrected chi connectivity index (χ3v) is 3.51. The minimum Gasteiger partial charge on any atom is -0.481 e. The van der Waals surface area contributed by atoms with Crippen molar-refractivity contribution in [2.75, 3.05) is 5.33 Å². The fourth-order valence-corrected chi connectivity index (χ4v) is 2.54. The Morgan fingerprint density at radius 2 is 2.36 bits per heavy atom. The summed E-state index contributed by atoms with van der Waals surface area (Å²) in [5.74, 6) is -0.657. The van der Waals surface area contributed by atoms with Crippen LogP contribution >= 0.6 is 15.9 Å². The number of allylic oxidation sites excluding steroid dienone is 3. The third-order valence-electron chi connectivity index (χ3n) is 3.11. The largest absolute Gasteiger partial charge is 0.481 e. The van der Waals surface area contributed by atoms with E-state index in [1.165, 1.54) is 0 Å². The van der Waals surface area contributed by atoms with Gasteiger partial charge in [0.1, 0.15) is 0 Å². The number of hydrogen-bond acceptors (Lipinski definition) is 1. The number of carboxylic acid groups (broad SMARTS) is 1. The second-order valence-electron chi connectivity index (χ2n) is 3.78. The Morgan fingerprint density at radius 1 is 1.71 bits per heavy atom. The van der Waals surface area contributed by atoms with Crippen LogP contribution in [0, 0.1) is 11.3 Å². The van der Waals surface area contributed by atoms with E-state index in [0.717, 1.165) is 5.57 Å². The highest BCUT2D eigenvalue weighted by Gasteiger charge is 2.42. The molecule has 0 aliphatic heterocycles. The highest BCUT2D eigenvalue weighted by atomic mass is 79.9. The van der Waals surface area contributed by atoms with Gasteiger partial charge < -0.3 is 5.11 Å². The summed E-state index contributed by atoms with van der Waals surface area (Å²) in [6, 6.07) is 0. The van der Waals surface area contributed by atoms with Gasteiger partial charge in [0, 0.05) is 5.33 Å². The van der Waals surface area contributed by atoms with E-state index in [1.807, 2.05) is 32.1 Å². The average Bonchev–Trinajstić information content (AvgIpc) is 2.13. The van der Waals surface area contributed by atoms with E-state index in [4.69, 9.17) is 0 Å². The van der Waals surface area contributed by atoms with Gasteiger partial charge in [-0.2, -0.15) is 0 Å². The van der Waals surface area contributed by atoms with Gasteiger partial charge in [-0.05, 0) is 19.3 Å². The van der Waals surface area contributed by atoms with Gasteiger partial charge in [0.25, 0.3) is 0 Å². The van der Waals surface area contributed by atoms with Crippen LogP contribution in [0.4, 0.5) is 0 Å². The fraction of sp³-hybridized carbons (Fsp3) is 0.545. The van der Waals surface area contributed by atoms with Gasteiger partial charge in [0.15, 0.2) is 0 Å². The lowest BCUT2D eigenvalue weighted by Gasteiger charge is -2.34. The normalized spacial score (nSPS) is 31.4. The molecule has 0 saturated heterocycles. The molecular weight excluding hydrogens is 244 g/mol. The predicted octanol–water partition coefficient (Wildman–Crippen LogP) is 2.99. The molecular formula is C11H15BrO2. The van der Waals surface area contributed by atoms with E-state index in [-0.39, 0.29) is 5.92 Å². The van der Waals surface area contributed by atoms with Crippen LogP contribution in [0.15, 0.2) is 23.8 Å². The summed E-state index contributed by atoms with van der Waals surface area (Å²) in [6.45, 7) is 3.96. The van der Waals surface area contributed by atoms with Crippen molar-refractivity contribution in [3.8, 4) is 0 Å². The van der Waals surface area contributed by atoms with Crippen molar-refractivity contribution in [2.24, 2.45) is 11.3 Å². The Bertz CT molecular complexity index is 294. The molecule has 1 aliphatic rings. The Morgan fingerprint density at radius 3 is 2.86 bits per heavy atom. The maximum Gasteiger partial charge on any atom is 0.314 e. The Hall–Kier alpha value is -0.570. The molecule has 0 bridgehead atoms. The van der Waals surface area contributed by atoms with Gasteiger partial charge in [-0.15, -0.1) is 0 Å². The molecule has 0 spiro atoms. The molecule has 0 radical (unpaired) electrons. The zero-order valence-corrected chi connectivity index (χ0v) is 10.0. The zero-order chi connectivity index (χ0) is 10.8. The highest BCUT2D eigenvalue weighted by Crippen LogP contribution is 2.41. The molecule has 0 aromatic heterocycles. The molecule has 2 nitrogen and oxygen atoms in total. The second-order valence-corrected chi connectivity index (χ2v) is 4.57. The van der Waals surface area contributed by atoms with Gasteiger partial charge in [-0.25, -0.2) is 0 Å². The summed E-state index contributed by atoms with van der Waals surface area (Å²) >= 11 is 3.32. The first-order valence-corrected chi connectivity index (χ1v) is 5.82. The molecule has 0 saturated carbocycles. The molecule has 0 aromatic rings. The lowest BCUT2D eigenvalue weighted by atomic mass is 9.69. The number of aliphatic carboxylic acids is 1. The Kier molecular flexibility index (Phi) is 3.53. The van der Waals surface area contributed by atoms with Crippen LogP contribution in [0.3, 0.4) is 0 Å². The van der Waals surface area contributed by atoms with Gasteiger partial charge in [0.2, 0.25) is 0 Å². The van der Waals surface area contributed by atoms with E-state index in [1.54, 1.807) is 0 Å². The van der Waals surface area contributed by atoms with Crippen molar-refractivity contribution >= 4 is 21.9 Å². The van der Waals surface area contributed by atoms with Crippen molar-refractivity contribution in [2.45, 2.75) is 20.3 Å². The third kappa shape index (κ3) is 1.78.